The van der Waals surface area contributed by atoms with Crippen molar-refractivity contribution in [3.63, 3.8) is 0 Å². The number of ether oxygens (including phenoxy) is 2. The van der Waals surface area contributed by atoms with Crippen LogP contribution in [0.4, 0.5) is 0 Å². The van der Waals surface area contributed by atoms with Crippen molar-refractivity contribution in [3.8, 4) is 0 Å². The van der Waals surface area contributed by atoms with Crippen molar-refractivity contribution in [2.75, 3.05) is 6.61 Å². The van der Waals surface area contributed by atoms with Crippen LogP contribution in [-0.4, -0.2) is 35.4 Å². The quantitative estimate of drug-likeness (QED) is 0.270. The van der Waals surface area contributed by atoms with Gasteiger partial charge in [-0.1, -0.05) is 83.7 Å². The summed E-state index contributed by atoms with van der Waals surface area (Å²) in [6, 6.07) is 10.7. The van der Waals surface area contributed by atoms with E-state index in [4.69, 9.17) is 9.47 Å². The molecule has 5 heteroatoms. The molecule has 40 heavy (non-hydrogen) atoms. The van der Waals surface area contributed by atoms with Gasteiger partial charge in [0, 0.05) is 24.3 Å². The van der Waals surface area contributed by atoms with Crippen LogP contribution in [-0.2, 0) is 25.5 Å². The van der Waals surface area contributed by atoms with Crippen molar-refractivity contribution >= 4 is 11.9 Å². The van der Waals surface area contributed by atoms with Gasteiger partial charge in [-0.25, -0.2) is 4.79 Å². The van der Waals surface area contributed by atoms with E-state index in [-0.39, 0.29) is 40.7 Å². The Bertz CT molecular complexity index is 1050. The average molecular weight is 553 g/mol. The molecule has 2 aliphatic carbocycles. The molecule has 0 radical (unpaired) electrons. The number of hydrogen-bond donors (Lipinski definition) is 1. The molecule has 1 heterocycles. The highest BCUT2D eigenvalue weighted by Crippen LogP contribution is 2.66. The first-order valence-corrected chi connectivity index (χ1v) is 15.8. The van der Waals surface area contributed by atoms with Gasteiger partial charge in [0.2, 0.25) is 0 Å². The van der Waals surface area contributed by atoms with E-state index in [1.807, 2.05) is 0 Å². The van der Waals surface area contributed by atoms with Crippen LogP contribution < -0.4 is 0 Å². The summed E-state index contributed by atoms with van der Waals surface area (Å²) in [7, 11) is 0. The van der Waals surface area contributed by atoms with E-state index in [0.717, 1.165) is 50.5 Å². The maximum atomic E-state index is 12.8. The standard InChI is InChI=1S/C35H52O5/c1-25(12-9-16-28-14-7-6-8-15-28)13-10-19-34-20-11-18-33(4,5)32(34)30(40-27(3)36)22-26(2)35(34,38)21-17-29-23-31(37)39-24-29/h6-8,14-15,23,25-26,30,32,38H,9-13,16-22,24H2,1-5H3/t25-,26+,30-,32-,34+,35-/m1/s1. The van der Waals surface area contributed by atoms with Crippen LogP contribution in [0, 0.1) is 28.6 Å². The number of hydrogen-bond acceptors (Lipinski definition) is 5. The van der Waals surface area contributed by atoms with Gasteiger partial charge in [-0.15, -0.1) is 0 Å². The van der Waals surface area contributed by atoms with Crippen molar-refractivity contribution in [2.45, 2.75) is 123 Å². The zero-order valence-corrected chi connectivity index (χ0v) is 25.5. The van der Waals surface area contributed by atoms with Gasteiger partial charge in [-0.05, 0) is 79.8 Å². The zero-order chi connectivity index (χ0) is 29.0. The Morgan fingerprint density at radius 3 is 2.50 bits per heavy atom. The summed E-state index contributed by atoms with van der Waals surface area (Å²) >= 11 is 0. The predicted molar refractivity (Wildman–Crippen MR) is 159 cm³/mol. The number of carbonyl (C=O) groups is 2. The Morgan fingerprint density at radius 1 is 1.10 bits per heavy atom. The molecule has 0 amide bonds. The second-order valence-electron chi connectivity index (χ2n) is 14.0. The second kappa shape index (κ2) is 12.8. The highest BCUT2D eigenvalue weighted by molar-refractivity contribution is 5.85. The van der Waals surface area contributed by atoms with E-state index in [1.165, 1.54) is 25.3 Å². The summed E-state index contributed by atoms with van der Waals surface area (Å²) in [5, 5.41) is 12.8. The predicted octanol–water partition coefficient (Wildman–Crippen LogP) is 7.59. The van der Waals surface area contributed by atoms with Crippen LogP contribution in [0.1, 0.15) is 111 Å². The van der Waals surface area contributed by atoms with Crippen LogP contribution in [0.3, 0.4) is 0 Å². The molecular weight excluding hydrogens is 500 g/mol. The molecular formula is C35H52O5. The molecule has 1 aliphatic heterocycles. The van der Waals surface area contributed by atoms with E-state index < -0.39 is 5.60 Å². The number of aliphatic hydroxyl groups is 1. The Labute approximate surface area is 242 Å². The molecule has 0 bridgehead atoms. The maximum absolute atomic E-state index is 12.8. The lowest BCUT2D eigenvalue weighted by Crippen LogP contribution is -2.68. The molecule has 2 fully saturated rings. The van der Waals surface area contributed by atoms with Crippen molar-refractivity contribution in [1.29, 1.82) is 0 Å². The minimum absolute atomic E-state index is 0.0103. The topological polar surface area (TPSA) is 72.8 Å². The molecule has 6 atom stereocenters. The third-order valence-electron chi connectivity index (χ3n) is 10.7. The number of fused-ring (bicyclic) bond motifs is 1. The van der Waals surface area contributed by atoms with E-state index in [9.17, 15) is 14.7 Å². The van der Waals surface area contributed by atoms with Crippen LogP contribution in [0.5, 0.6) is 0 Å². The average Bonchev–Trinajstić information content (AvgIpc) is 3.31. The van der Waals surface area contributed by atoms with Crippen LogP contribution in [0.15, 0.2) is 42.0 Å². The molecule has 3 aliphatic rings. The fourth-order valence-corrected chi connectivity index (χ4v) is 8.87. The summed E-state index contributed by atoms with van der Waals surface area (Å²) in [4.78, 5) is 24.0. The van der Waals surface area contributed by atoms with Crippen LogP contribution in [0.2, 0.25) is 0 Å². The van der Waals surface area contributed by atoms with Gasteiger partial charge in [0.15, 0.2) is 0 Å². The Kier molecular flexibility index (Phi) is 9.86. The molecule has 0 aromatic heterocycles. The lowest BCUT2D eigenvalue weighted by molar-refractivity contribution is -0.259. The van der Waals surface area contributed by atoms with E-state index in [2.05, 4.69) is 58.0 Å². The van der Waals surface area contributed by atoms with Gasteiger partial charge in [0.05, 0.1) is 5.60 Å². The number of cyclic esters (lactones) is 1. The smallest absolute Gasteiger partial charge is 0.331 e. The summed E-state index contributed by atoms with van der Waals surface area (Å²) in [6.07, 6.45) is 13.1. The number of rotatable bonds is 12. The molecule has 0 unspecified atom stereocenters. The molecule has 0 saturated heterocycles. The minimum Gasteiger partial charge on any atom is -0.462 e. The van der Waals surface area contributed by atoms with Crippen molar-refractivity contribution in [2.24, 2.45) is 28.6 Å². The van der Waals surface area contributed by atoms with Crippen molar-refractivity contribution in [1.82, 2.24) is 0 Å². The van der Waals surface area contributed by atoms with Crippen LogP contribution >= 0.6 is 0 Å². The normalized spacial score (nSPS) is 32.1. The summed E-state index contributed by atoms with van der Waals surface area (Å²) in [5.41, 5.74) is 1.11. The van der Waals surface area contributed by atoms with Gasteiger partial charge in [0.1, 0.15) is 12.7 Å². The number of carbonyl (C=O) groups excluding carboxylic acids is 2. The maximum Gasteiger partial charge on any atom is 0.331 e. The molecule has 4 rings (SSSR count). The second-order valence-corrected chi connectivity index (χ2v) is 14.0. The first-order valence-electron chi connectivity index (χ1n) is 15.8. The fourth-order valence-electron chi connectivity index (χ4n) is 8.87. The minimum atomic E-state index is -0.894. The molecule has 1 N–H and O–H groups in total. The van der Waals surface area contributed by atoms with E-state index in [1.54, 1.807) is 6.08 Å². The SMILES string of the molecule is CC(=O)O[C@@H]1C[C@H](C)[C@](O)(CCC2=CC(=O)OC2)[C@@]2(CCC[C@H](C)CCCc3ccccc3)CCCC(C)(C)[C@@H]12. The third kappa shape index (κ3) is 6.66. The first kappa shape index (κ1) is 30.8. The van der Waals surface area contributed by atoms with Crippen LogP contribution in [0.25, 0.3) is 0 Å². The summed E-state index contributed by atoms with van der Waals surface area (Å²) in [5.74, 6) is 0.213. The van der Waals surface area contributed by atoms with Gasteiger partial charge in [0.25, 0.3) is 0 Å². The molecule has 1 aromatic carbocycles. The third-order valence-corrected chi connectivity index (χ3v) is 10.7. The van der Waals surface area contributed by atoms with Gasteiger partial charge in [-0.2, -0.15) is 0 Å². The monoisotopic (exact) mass is 552 g/mol. The lowest BCUT2D eigenvalue weighted by atomic mass is 9.41. The van der Waals surface area contributed by atoms with E-state index >= 15 is 0 Å². The Morgan fingerprint density at radius 2 is 1.82 bits per heavy atom. The first-order chi connectivity index (χ1) is 19.0. The van der Waals surface area contributed by atoms with Crippen molar-refractivity contribution in [3.05, 3.63) is 47.5 Å². The van der Waals surface area contributed by atoms with Gasteiger partial charge >= 0.3 is 11.9 Å². The summed E-state index contributed by atoms with van der Waals surface area (Å²) < 4.78 is 11.2. The van der Waals surface area contributed by atoms with E-state index in [0.29, 0.717) is 31.8 Å². The molecule has 1 aromatic rings. The lowest BCUT2D eigenvalue weighted by Gasteiger charge is -2.66. The van der Waals surface area contributed by atoms with Gasteiger partial charge in [-0.3, -0.25) is 4.79 Å². The number of benzene rings is 1. The largest absolute Gasteiger partial charge is 0.462 e. The zero-order valence-electron chi connectivity index (χ0n) is 25.5. The Hall–Kier alpha value is -2.14. The summed E-state index contributed by atoms with van der Waals surface area (Å²) in [6.45, 7) is 11.0. The molecule has 2 saturated carbocycles. The molecule has 0 spiro atoms. The van der Waals surface area contributed by atoms with Gasteiger partial charge < -0.3 is 14.6 Å². The molecule has 5 nitrogen and oxygen atoms in total. The molecule has 222 valence electrons. The number of esters is 2. The highest BCUT2D eigenvalue weighted by Gasteiger charge is 2.66. The Balaban J connectivity index is 1.53. The highest BCUT2D eigenvalue weighted by atomic mass is 16.5. The number of aryl methyl sites for hydroxylation is 1. The fraction of sp³-hybridized carbons (Fsp3) is 0.714. The van der Waals surface area contributed by atoms with Crippen molar-refractivity contribution < 1.29 is 24.2 Å².